The number of nitrogens with zero attached hydrogens (tertiary/aromatic N) is 5. The Kier molecular flexibility index (Phi) is 4.98. The van der Waals surface area contributed by atoms with Gasteiger partial charge in [-0.3, -0.25) is 19.5 Å². The highest BCUT2D eigenvalue weighted by molar-refractivity contribution is 6.10. The molecule has 0 aromatic heterocycles. The Labute approximate surface area is 178 Å². The van der Waals surface area contributed by atoms with Crippen LogP contribution in [0.15, 0.2) is 40.7 Å². The van der Waals surface area contributed by atoms with E-state index >= 15 is 0 Å². The highest BCUT2D eigenvalue weighted by atomic mass is 19.4. The molecule has 0 spiro atoms. The monoisotopic (exact) mass is 435 g/mol. The standard InChI is InChI=1S/C21H24F3N5O2/c1-5-6-11-27-18(30)16-17(26(4)20(27)31)25-19-28(12(2)13(3)29(16)19)15-9-7-14(8-10-15)21(22,23)24/h7-10,16-17H,5-6,11H2,1-4H3. The van der Waals surface area contributed by atoms with Gasteiger partial charge < -0.3 is 4.90 Å². The summed E-state index contributed by atoms with van der Waals surface area (Å²) in [4.78, 5) is 36.9. The number of carbonyl (C=O) groups excluding carboxylic acids is 2. The zero-order valence-electron chi connectivity index (χ0n) is 17.8. The number of benzene rings is 1. The maximum Gasteiger partial charge on any atom is 0.416 e. The molecule has 7 nitrogen and oxygen atoms in total. The van der Waals surface area contributed by atoms with Crippen molar-refractivity contribution >= 4 is 23.6 Å². The zero-order chi connectivity index (χ0) is 22.7. The fraction of sp³-hybridized carbons (Fsp3) is 0.476. The number of likely N-dealkylation sites (N-methyl/N-ethyl adjacent to an activating group) is 1. The van der Waals surface area contributed by atoms with E-state index in [1.165, 1.54) is 21.9 Å². The lowest BCUT2D eigenvalue weighted by Crippen LogP contribution is -2.64. The summed E-state index contributed by atoms with van der Waals surface area (Å²) in [6.07, 6.45) is -3.55. The van der Waals surface area contributed by atoms with Gasteiger partial charge in [-0.15, -0.1) is 0 Å². The minimum absolute atomic E-state index is 0.304. The zero-order valence-corrected chi connectivity index (χ0v) is 17.8. The van der Waals surface area contributed by atoms with Crippen molar-refractivity contribution in [1.29, 1.82) is 0 Å². The minimum Gasteiger partial charge on any atom is -0.302 e. The molecule has 1 saturated heterocycles. The van der Waals surface area contributed by atoms with Gasteiger partial charge in [-0.05, 0) is 44.5 Å². The largest absolute Gasteiger partial charge is 0.416 e. The number of urea groups is 1. The first-order valence-corrected chi connectivity index (χ1v) is 10.2. The molecule has 0 N–H and O–H groups in total. The van der Waals surface area contributed by atoms with Crippen molar-refractivity contribution in [3.63, 3.8) is 0 Å². The SMILES string of the molecule is CCCCN1C(=O)C2C(N=C3N(c4ccc(C(F)(F)F)cc4)C(C)=C(C)N32)N(C)C1=O. The quantitative estimate of drug-likeness (QED) is 0.721. The Hall–Kier alpha value is -3.04. The lowest BCUT2D eigenvalue weighted by atomic mass is 10.1. The molecule has 0 saturated carbocycles. The lowest BCUT2D eigenvalue weighted by Gasteiger charge is -2.40. The van der Waals surface area contributed by atoms with Gasteiger partial charge >= 0.3 is 12.2 Å². The summed E-state index contributed by atoms with van der Waals surface area (Å²) in [5.41, 5.74) is 1.32. The summed E-state index contributed by atoms with van der Waals surface area (Å²) in [5.74, 6) is 0.136. The van der Waals surface area contributed by atoms with Crippen LogP contribution in [0.1, 0.15) is 39.2 Å². The van der Waals surface area contributed by atoms with Crippen molar-refractivity contribution in [2.24, 2.45) is 4.99 Å². The van der Waals surface area contributed by atoms with E-state index in [2.05, 4.69) is 4.99 Å². The van der Waals surface area contributed by atoms with Crippen LogP contribution in [0.25, 0.3) is 0 Å². The number of hydrogen-bond acceptors (Lipinski definition) is 5. The highest BCUT2D eigenvalue weighted by Crippen LogP contribution is 2.40. The third-order valence-corrected chi connectivity index (χ3v) is 6.08. The molecule has 1 fully saturated rings. The fourth-order valence-electron chi connectivity index (χ4n) is 4.24. The predicted molar refractivity (Wildman–Crippen MR) is 109 cm³/mol. The topological polar surface area (TPSA) is 59.5 Å². The molecule has 2 atom stereocenters. The molecule has 1 aromatic carbocycles. The first kappa shape index (κ1) is 21.2. The van der Waals surface area contributed by atoms with Gasteiger partial charge in [0, 0.05) is 30.7 Å². The van der Waals surface area contributed by atoms with Crippen LogP contribution >= 0.6 is 0 Å². The molecule has 3 heterocycles. The molecule has 0 aliphatic carbocycles. The number of amides is 3. The molecule has 0 radical (unpaired) electrons. The van der Waals surface area contributed by atoms with Crippen LogP contribution in [0, 0.1) is 0 Å². The van der Waals surface area contributed by atoms with E-state index < -0.39 is 23.9 Å². The van der Waals surface area contributed by atoms with E-state index in [9.17, 15) is 22.8 Å². The van der Waals surface area contributed by atoms with E-state index in [4.69, 9.17) is 0 Å². The van der Waals surface area contributed by atoms with Crippen molar-refractivity contribution in [3.05, 3.63) is 41.2 Å². The van der Waals surface area contributed by atoms with Gasteiger partial charge in [0.15, 0.2) is 12.2 Å². The van der Waals surface area contributed by atoms with Crippen LogP contribution < -0.4 is 4.90 Å². The van der Waals surface area contributed by atoms with Crippen molar-refractivity contribution in [3.8, 4) is 0 Å². The normalized spacial score (nSPS) is 23.6. The van der Waals surface area contributed by atoms with Crippen LogP contribution in [0.4, 0.5) is 23.7 Å². The molecular weight excluding hydrogens is 411 g/mol. The molecule has 2 unspecified atom stereocenters. The highest BCUT2D eigenvalue weighted by Gasteiger charge is 2.55. The number of fused-ring (bicyclic) bond motifs is 3. The second kappa shape index (κ2) is 7.28. The number of rotatable bonds is 4. The summed E-state index contributed by atoms with van der Waals surface area (Å²) in [6, 6.07) is 3.75. The lowest BCUT2D eigenvalue weighted by molar-refractivity contribution is -0.138. The van der Waals surface area contributed by atoms with Crippen LogP contribution in [0.5, 0.6) is 0 Å². The van der Waals surface area contributed by atoms with Crippen LogP contribution in [0.3, 0.4) is 0 Å². The number of anilines is 1. The molecule has 4 rings (SSSR count). The smallest absolute Gasteiger partial charge is 0.302 e. The second-order valence-corrected chi connectivity index (χ2v) is 7.95. The maximum absolute atomic E-state index is 13.3. The molecule has 1 aromatic rings. The van der Waals surface area contributed by atoms with Gasteiger partial charge in [0.2, 0.25) is 5.96 Å². The number of imide groups is 1. The summed E-state index contributed by atoms with van der Waals surface area (Å²) >= 11 is 0. The molecular formula is C21H24F3N5O2. The van der Waals surface area contributed by atoms with Gasteiger partial charge in [0.1, 0.15) is 0 Å². The van der Waals surface area contributed by atoms with E-state index in [1.54, 1.807) is 16.8 Å². The third kappa shape index (κ3) is 3.16. The molecule has 3 amide bonds. The van der Waals surface area contributed by atoms with E-state index in [0.29, 0.717) is 24.6 Å². The van der Waals surface area contributed by atoms with Crippen molar-refractivity contribution in [1.82, 2.24) is 14.7 Å². The summed E-state index contributed by atoms with van der Waals surface area (Å²) in [6.45, 7) is 6.01. The Bertz CT molecular complexity index is 986. The number of carbonyl (C=O) groups is 2. The maximum atomic E-state index is 13.3. The Balaban J connectivity index is 1.70. The number of alkyl halides is 3. The predicted octanol–water partition coefficient (Wildman–Crippen LogP) is 3.84. The van der Waals surface area contributed by atoms with Crippen molar-refractivity contribution in [2.75, 3.05) is 18.5 Å². The average Bonchev–Trinajstić information content (AvgIpc) is 3.22. The van der Waals surface area contributed by atoms with E-state index in [-0.39, 0.29) is 11.9 Å². The number of allylic oxidation sites excluding steroid dienone is 2. The number of halogens is 3. The molecule has 31 heavy (non-hydrogen) atoms. The minimum atomic E-state index is -4.42. The Morgan fingerprint density at radius 1 is 1.06 bits per heavy atom. The van der Waals surface area contributed by atoms with Gasteiger partial charge in [-0.1, -0.05) is 13.3 Å². The number of aliphatic imine (C=N–C) groups is 1. The van der Waals surface area contributed by atoms with Crippen molar-refractivity contribution in [2.45, 2.75) is 52.0 Å². The van der Waals surface area contributed by atoms with Crippen LogP contribution in [-0.4, -0.2) is 58.4 Å². The average molecular weight is 435 g/mol. The number of unbranched alkanes of at least 4 members (excludes halogenated alkanes) is 1. The van der Waals surface area contributed by atoms with Gasteiger partial charge in [0.25, 0.3) is 5.91 Å². The van der Waals surface area contributed by atoms with E-state index in [0.717, 1.165) is 29.9 Å². The molecule has 3 aliphatic heterocycles. The molecule has 0 bridgehead atoms. The Morgan fingerprint density at radius 2 is 1.71 bits per heavy atom. The van der Waals surface area contributed by atoms with Gasteiger partial charge in [0.05, 0.1) is 5.56 Å². The molecule has 3 aliphatic rings. The first-order valence-electron chi connectivity index (χ1n) is 10.2. The van der Waals surface area contributed by atoms with E-state index in [1.807, 2.05) is 20.8 Å². The Morgan fingerprint density at radius 3 is 2.29 bits per heavy atom. The van der Waals surface area contributed by atoms with Crippen LogP contribution in [0.2, 0.25) is 0 Å². The van der Waals surface area contributed by atoms with Gasteiger partial charge in [-0.25, -0.2) is 9.79 Å². The molecule has 166 valence electrons. The van der Waals surface area contributed by atoms with Crippen molar-refractivity contribution < 1.29 is 22.8 Å². The second-order valence-electron chi connectivity index (χ2n) is 7.95. The first-order chi connectivity index (χ1) is 14.6. The summed E-state index contributed by atoms with van der Waals surface area (Å²) < 4.78 is 38.9. The van der Waals surface area contributed by atoms with Crippen LogP contribution in [-0.2, 0) is 11.0 Å². The van der Waals surface area contributed by atoms with Gasteiger partial charge in [-0.2, -0.15) is 13.2 Å². The third-order valence-electron chi connectivity index (χ3n) is 6.08. The summed E-state index contributed by atoms with van der Waals surface area (Å²) in [7, 11) is 1.62. The number of hydrogen-bond donors (Lipinski definition) is 0. The summed E-state index contributed by atoms with van der Waals surface area (Å²) in [5, 5.41) is 0. The fourth-order valence-corrected chi connectivity index (χ4v) is 4.24. The molecule has 10 heteroatoms. The number of guanidine groups is 1.